The highest BCUT2D eigenvalue weighted by molar-refractivity contribution is 7.90. The van der Waals surface area contributed by atoms with Crippen LogP contribution in [-0.2, 0) is 10.0 Å². The Balaban J connectivity index is 1.64. The normalized spacial score (nSPS) is 14.5. The average Bonchev–Trinajstić information content (AvgIpc) is 3.19. The molecule has 2 heterocycles. The number of nitrogens with zero attached hydrogens (tertiary/aromatic N) is 2. The summed E-state index contributed by atoms with van der Waals surface area (Å²) in [4.78, 5) is 13.6. The fraction of sp³-hybridized carbons (Fsp3) is 0.160. The van der Waals surface area contributed by atoms with Crippen molar-refractivity contribution in [3.8, 4) is 11.1 Å². The maximum Gasteiger partial charge on any atom is 0.268 e. The molecule has 0 radical (unpaired) electrons. The van der Waals surface area contributed by atoms with Gasteiger partial charge >= 0.3 is 0 Å². The maximum atomic E-state index is 13.7. The van der Waals surface area contributed by atoms with Gasteiger partial charge in [-0.15, -0.1) is 0 Å². The average molecular weight is 447 g/mol. The first-order valence-corrected chi connectivity index (χ1v) is 11.8. The molecule has 0 unspecified atom stereocenters. The molecule has 6 nitrogen and oxygen atoms in total. The number of para-hydroxylation sites is 1. The van der Waals surface area contributed by atoms with Gasteiger partial charge in [-0.3, -0.25) is 4.79 Å². The Labute approximate surface area is 186 Å². The van der Waals surface area contributed by atoms with Crippen LogP contribution in [-0.4, -0.2) is 43.5 Å². The van der Waals surface area contributed by atoms with Crippen LogP contribution in [0.15, 0.2) is 83.9 Å². The van der Waals surface area contributed by atoms with Crippen LogP contribution in [0.4, 0.5) is 5.69 Å². The first kappa shape index (κ1) is 20.5. The van der Waals surface area contributed by atoms with Crippen LogP contribution in [0.1, 0.15) is 10.4 Å². The van der Waals surface area contributed by atoms with Crippen LogP contribution in [0.25, 0.3) is 22.0 Å². The van der Waals surface area contributed by atoms with E-state index in [0.29, 0.717) is 29.9 Å². The second kappa shape index (κ2) is 7.93. The molecule has 0 amide bonds. The fourth-order valence-corrected chi connectivity index (χ4v) is 5.64. The number of carbonyl (C=O) groups is 1. The number of rotatable bonds is 6. The van der Waals surface area contributed by atoms with Gasteiger partial charge in [0.05, 0.1) is 10.4 Å². The van der Waals surface area contributed by atoms with Crippen molar-refractivity contribution in [2.75, 3.05) is 24.6 Å². The zero-order valence-corrected chi connectivity index (χ0v) is 18.1. The van der Waals surface area contributed by atoms with Crippen molar-refractivity contribution in [3.05, 3.63) is 84.6 Å². The van der Waals surface area contributed by atoms with Gasteiger partial charge in [-0.05, 0) is 29.8 Å². The SMILES string of the molecule is O=Cc1ccc(S(=O)(=O)n2cc(-c3ccccc3)c3ccccc32)cc1N1CC(CO)C1. The summed E-state index contributed by atoms with van der Waals surface area (Å²) in [7, 11) is -3.91. The van der Waals surface area contributed by atoms with E-state index in [9.17, 15) is 18.3 Å². The number of aromatic nitrogens is 1. The van der Waals surface area contributed by atoms with Gasteiger partial charge < -0.3 is 10.0 Å². The van der Waals surface area contributed by atoms with Crippen LogP contribution < -0.4 is 4.90 Å². The predicted octanol–water partition coefficient (Wildman–Crippen LogP) is 3.79. The van der Waals surface area contributed by atoms with E-state index in [1.807, 2.05) is 53.4 Å². The lowest BCUT2D eigenvalue weighted by atomic mass is 9.99. The summed E-state index contributed by atoms with van der Waals surface area (Å²) >= 11 is 0. The Morgan fingerprint density at radius 1 is 0.969 bits per heavy atom. The largest absolute Gasteiger partial charge is 0.396 e. The van der Waals surface area contributed by atoms with Gasteiger partial charge in [0.25, 0.3) is 10.0 Å². The van der Waals surface area contributed by atoms with Gasteiger partial charge in [-0.2, -0.15) is 0 Å². The molecule has 7 heteroatoms. The van der Waals surface area contributed by atoms with E-state index in [2.05, 4.69) is 0 Å². The Bertz CT molecular complexity index is 1400. The highest BCUT2D eigenvalue weighted by Crippen LogP contribution is 2.35. The van der Waals surface area contributed by atoms with Crippen molar-refractivity contribution in [2.45, 2.75) is 4.90 Å². The molecule has 1 aromatic heterocycles. The third-order valence-electron chi connectivity index (χ3n) is 6.00. The minimum Gasteiger partial charge on any atom is -0.396 e. The first-order chi connectivity index (χ1) is 15.5. The van der Waals surface area contributed by atoms with E-state index in [0.717, 1.165) is 22.8 Å². The highest BCUT2D eigenvalue weighted by Gasteiger charge is 2.29. The minimum absolute atomic E-state index is 0.0720. The van der Waals surface area contributed by atoms with Crippen LogP contribution in [0.2, 0.25) is 0 Å². The van der Waals surface area contributed by atoms with Gasteiger partial charge in [-0.1, -0.05) is 48.5 Å². The molecule has 1 N–H and O–H groups in total. The summed E-state index contributed by atoms with van der Waals surface area (Å²) in [6.07, 6.45) is 2.39. The molecule has 3 aromatic carbocycles. The molecular formula is C25H22N2O4S. The lowest BCUT2D eigenvalue weighted by Gasteiger charge is -2.40. The number of hydrogen-bond acceptors (Lipinski definition) is 5. The molecule has 0 atom stereocenters. The number of anilines is 1. The number of benzene rings is 3. The molecule has 0 saturated carbocycles. The van der Waals surface area contributed by atoms with Crippen LogP contribution in [0.3, 0.4) is 0 Å². The van der Waals surface area contributed by atoms with E-state index in [4.69, 9.17) is 0 Å². The summed E-state index contributed by atoms with van der Waals surface area (Å²) < 4.78 is 28.7. The Kier molecular flexibility index (Phi) is 5.07. The molecule has 0 spiro atoms. The zero-order chi connectivity index (χ0) is 22.3. The van der Waals surface area contributed by atoms with E-state index in [-0.39, 0.29) is 17.4 Å². The third kappa shape index (κ3) is 3.30. The maximum absolute atomic E-state index is 13.7. The molecule has 4 aromatic rings. The second-order valence-corrected chi connectivity index (χ2v) is 9.83. The van der Waals surface area contributed by atoms with E-state index in [1.165, 1.54) is 10.0 Å². The van der Waals surface area contributed by atoms with Gasteiger partial charge in [0.2, 0.25) is 0 Å². The van der Waals surface area contributed by atoms with Crippen LogP contribution in [0, 0.1) is 5.92 Å². The highest BCUT2D eigenvalue weighted by atomic mass is 32.2. The van der Waals surface area contributed by atoms with Crippen LogP contribution in [0.5, 0.6) is 0 Å². The number of carbonyl (C=O) groups excluding carboxylic acids is 1. The van der Waals surface area contributed by atoms with Crippen molar-refractivity contribution in [1.29, 1.82) is 0 Å². The molecule has 1 aliphatic heterocycles. The molecule has 162 valence electrons. The Morgan fingerprint density at radius 2 is 1.69 bits per heavy atom. The Morgan fingerprint density at radius 3 is 2.41 bits per heavy atom. The first-order valence-electron chi connectivity index (χ1n) is 10.4. The third-order valence-corrected chi connectivity index (χ3v) is 7.67. The minimum atomic E-state index is -3.91. The molecular weight excluding hydrogens is 424 g/mol. The fourth-order valence-electron chi connectivity index (χ4n) is 4.25. The smallest absolute Gasteiger partial charge is 0.268 e. The summed E-state index contributed by atoms with van der Waals surface area (Å²) in [5.74, 6) is 0.136. The number of aldehydes is 1. The molecule has 1 fully saturated rings. The molecule has 0 bridgehead atoms. The topological polar surface area (TPSA) is 79.6 Å². The van der Waals surface area contributed by atoms with Gasteiger partial charge in [0.15, 0.2) is 6.29 Å². The number of hydrogen-bond donors (Lipinski definition) is 1. The van der Waals surface area contributed by atoms with Crippen molar-refractivity contribution in [2.24, 2.45) is 5.92 Å². The zero-order valence-electron chi connectivity index (χ0n) is 17.3. The van der Waals surface area contributed by atoms with Crippen LogP contribution >= 0.6 is 0 Å². The molecule has 1 saturated heterocycles. The van der Waals surface area contributed by atoms with E-state index in [1.54, 1.807) is 24.4 Å². The Hall–Kier alpha value is -3.42. The molecule has 0 aliphatic carbocycles. The van der Waals surface area contributed by atoms with E-state index < -0.39 is 10.0 Å². The molecule has 5 rings (SSSR count). The standard InChI is InChI=1S/C25H22N2O4S/c28-16-18-13-26(14-18)25-12-21(11-10-20(25)17-29)32(30,31)27-15-23(19-6-2-1-3-7-19)22-8-4-5-9-24(22)27/h1-12,15,17-18,28H,13-14,16H2. The molecule has 32 heavy (non-hydrogen) atoms. The van der Waals surface area contributed by atoms with Crippen molar-refractivity contribution in [3.63, 3.8) is 0 Å². The number of fused-ring (bicyclic) bond motifs is 1. The van der Waals surface area contributed by atoms with Gasteiger partial charge in [0.1, 0.15) is 0 Å². The van der Waals surface area contributed by atoms with Crippen molar-refractivity contribution in [1.82, 2.24) is 3.97 Å². The lowest BCUT2D eigenvalue weighted by Crippen LogP contribution is -2.48. The second-order valence-electron chi connectivity index (χ2n) is 8.02. The number of aliphatic hydroxyl groups is 1. The monoisotopic (exact) mass is 446 g/mol. The predicted molar refractivity (Wildman–Crippen MR) is 125 cm³/mol. The summed E-state index contributed by atoms with van der Waals surface area (Å²) in [5, 5.41) is 10.2. The quantitative estimate of drug-likeness (QED) is 0.456. The molecule has 1 aliphatic rings. The lowest BCUT2D eigenvalue weighted by molar-refractivity contribution is 0.112. The summed E-state index contributed by atoms with van der Waals surface area (Å²) in [5.41, 5.74) is 3.37. The van der Waals surface area contributed by atoms with E-state index >= 15 is 0 Å². The number of aliphatic hydroxyl groups excluding tert-OH is 1. The van der Waals surface area contributed by atoms with Gasteiger partial charge in [0, 0.05) is 54.0 Å². The van der Waals surface area contributed by atoms with Crippen molar-refractivity contribution >= 4 is 32.9 Å². The van der Waals surface area contributed by atoms with Gasteiger partial charge in [-0.25, -0.2) is 12.4 Å². The summed E-state index contributed by atoms with van der Waals surface area (Å²) in [6, 6.07) is 21.7. The summed E-state index contributed by atoms with van der Waals surface area (Å²) in [6.45, 7) is 1.25. The van der Waals surface area contributed by atoms with Crippen molar-refractivity contribution < 1.29 is 18.3 Å².